The average molecular weight is 305 g/mol. The molecule has 0 bridgehead atoms. The van der Waals surface area contributed by atoms with Gasteiger partial charge in [0.1, 0.15) is 0 Å². The molecule has 0 spiro atoms. The van der Waals surface area contributed by atoms with Gasteiger partial charge in [-0.3, -0.25) is 4.79 Å². The first-order chi connectivity index (χ1) is 7.40. The van der Waals surface area contributed by atoms with Crippen molar-refractivity contribution in [2.45, 2.75) is 13.8 Å². The van der Waals surface area contributed by atoms with Crippen molar-refractivity contribution in [1.82, 2.24) is 4.90 Å². The molecule has 1 rings (SSSR count). The maximum Gasteiger partial charge on any atom is 0.253 e. The second-order valence-corrected chi connectivity index (χ2v) is 5.59. The zero-order chi connectivity index (χ0) is 12.3. The van der Waals surface area contributed by atoms with E-state index >= 15 is 0 Å². The molecule has 1 aromatic carbocycles. The molecule has 88 valence electrons. The molecule has 16 heavy (non-hydrogen) atoms. The third-order valence-corrected chi connectivity index (χ3v) is 2.77. The standard InChI is InChI=1S/C12H15BrClNO/c1-8(2)7-15(3)12(16)9-4-10(13)6-11(14)5-9/h4-6,8H,7H2,1-3H3. The van der Waals surface area contributed by atoms with Crippen LogP contribution in [0.25, 0.3) is 0 Å². The van der Waals surface area contributed by atoms with E-state index in [9.17, 15) is 4.79 Å². The largest absolute Gasteiger partial charge is 0.341 e. The van der Waals surface area contributed by atoms with Crippen LogP contribution in [0.15, 0.2) is 22.7 Å². The molecule has 1 aromatic rings. The van der Waals surface area contributed by atoms with E-state index < -0.39 is 0 Å². The Morgan fingerprint density at radius 3 is 2.56 bits per heavy atom. The molecule has 0 atom stereocenters. The van der Waals surface area contributed by atoms with Crippen LogP contribution < -0.4 is 0 Å². The monoisotopic (exact) mass is 303 g/mol. The molecule has 1 amide bonds. The SMILES string of the molecule is CC(C)CN(C)C(=O)c1cc(Cl)cc(Br)c1. The fraction of sp³-hybridized carbons (Fsp3) is 0.417. The van der Waals surface area contributed by atoms with Gasteiger partial charge in [0.05, 0.1) is 0 Å². The molecule has 2 nitrogen and oxygen atoms in total. The predicted octanol–water partition coefficient (Wildman–Crippen LogP) is 3.83. The lowest BCUT2D eigenvalue weighted by atomic mass is 10.1. The van der Waals surface area contributed by atoms with Gasteiger partial charge < -0.3 is 4.90 Å². The van der Waals surface area contributed by atoms with Crippen LogP contribution in [0.3, 0.4) is 0 Å². The summed E-state index contributed by atoms with van der Waals surface area (Å²) in [6, 6.07) is 5.23. The molecule has 0 aromatic heterocycles. The average Bonchev–Trinajstić information content (AvgIpc) is 2.13. The quantitative estimate of drug-likeness (QED) is 0.831. The predicted molar refractivity (Wildman–Crippen MR) is 71.0 cm³/mol. The molecular formula is C12H15BrClNO. The van der Waals surface area contributed by atoms with Gasteiger partial charge in [0.15, 0.2) is 0 Å². The molecule has 0 aliphatic rings. The summed E-state index contributed by atoms with van der Waals surface area (Å²) in [4.78, 5) is 13.7. The zero-order valence-electron chi connectivity index (χ0n) is 9.63. The van der Waals surface area contributed by atoms with Crippen molar-refractivity contribution in [3.63, 3.8) is 0 Å². The molecule has 0 fully saturated rings. The number of hydrogen-bond donors (Lipinski definition) is 0. The van der Waals surface area contributed by atoms with Crippen LogP contribution >= 0.6 is 27.5 Å². The number of benzene rings is 1. The first kappa shape index (κ1) is 13.5. The van der Waals surface area contributed by atoms with Crippen LogP contribution in [0.4, 0.5) is 0 Å². The lowest BCUT2D eigenvalue weighted by Gasteiger charge is -2.19. The number of halogens is 2. The van der Waals surface area contributed by atoms with E-state index in [1.807, 2.05) is 0 Å². The molecule has 0 radical (unpaired) electrons. The summed E-state index contributed by atoms with van der Waals surface area (Å²) in [7, 11) is 1.80. The van der Waals surface area contributed by atoms with Crippen molar-refractivity contribution in [2.24, 2.45) is 5.92 Å². The maximum absolute atomic E-state index is 12.0. The fourth-order valence-electron chi connectivity index (χ4n) is 1.53. The number of amides is 1. The number of carbonyl (C=O) groups is 1. The molecule has 0 aliphatic heterocycles. The third kappa shape index (κ3) is 3.80. The van der Waals surface area contributed by atoms with Crippen molar-refractivity contribution in [3.8, 4) is 0 Å². The van der Waals surface area contributed by atoms with E-state index in [1.165, 1.54) is 0 Å². The molecule has 0 saturated heterocycles. The van der Waals surface area contributed by atoms with Crippen LogP contribution in [0.2, 0.25) is 5.02 Å². The Bertz CT molecular complexity index is 372. The highest BCUT2D eigenvalue weighted by molar-refractivity contribution is 9.10. The lowest BCUT2D eigenvalue weighted by Crippen LogP contribution is -2.30. The van der Waals surface area contributed by atoms with Crippen molar-refractivity contribution in [1.29, 1.82) is 0 Å². The molecule has 0 heterocycles. The summed E-state index contributed by atoms with van der Waals surface area (Å²) in [5.41, 5.74) is 0.613. The summed E-state index contributed by atoms with van der Waals surface area (Å²) in [6.45, 7) is 4.90. The van der Waals surface area contributed by atoms with Gasteiger partial charge in [-0.25, -0.2) is 0 Å². The molecule has 0 N–H and O–H groups in total. The van der Waals surface area contributed by atoms with E-state index in [2.05, 4.69) is 29.8 Å². The van der Waals surface area contributed by atoms with Gasteiger partial charge in [-0.1, -0.05) is 41.4 Å². The van der Waals surface area contributed by atoms with Gasteiger partial charge in [-0.2, -0.15) is 0 Å². The summed E-state index contributed by atoms with van der Waals surface area (Å²) >= 11 is 9.23. The van der Waals surface area contributed by atoms with Gasteiger partial charge >= 0.3 is 0 Å². The Hall–Kier alpha value is -0.540. The highest BCUT2D eigenvalue weighted by Gasteiger charge is 2.13. The topological polar surface area (TPSA) is 20.3 Å². The molecule has 0 aliphatic carbocycles. The Balaban J connectivity index is 2.87. The number of hydrogen-bond acceptors (Lipinski definition) is 1. The second-order valence-electron chi connectivity index (χ2n) is 4.24. The number of rotatable bonds is 3. The maximum atomic E-state index is 12.0. The second kappa shape index (κ2) is 5.69. The van der Waals surface area contributed by atoms with E-state index in [4.69, 9.17) is 11.6 Å². The van der Waals surface area contributed by atoms with Crippen molar-refractivity contribution in [2.75, 3.05) is 13.6 Å². The Morgan fingerprint density at radius 1 is 1.44 bits per heavy atom. The molecule has 0 saturated carbocycles. The van der Waals surface area contributed by atoms with E-state index in [1.54, 1.807) is 30.1 Å². The van der Waals surface area contributed by atoms with Crippen LogP contribution in [0, 0.1) is 5.92 Å². The Labute approximate surface area is 110 Å². The van der Waals surface area contributed by atoms with Crippen molar-refractivity contribution >= 4 is 33.4 Å². The summed E-state index contributed by atoms with van der Waals surface area (Å²) < 4.78 is 0.821. The summed E-state index contributed by atoms with van der Waals surface area (Å²) in [6.07, 6.45) is 0. The van der Waals surface area contributed by atoms with Crippen LogP contribution in [0.1, 0.15) is 24.2 Å². The number of carbonyl (C=O) groups excluding carboxylic acids is 1. The first-order valence-corrected chi connectivity index (χ1v) is 6.29. The minimum atomic E-state index is -0.00287. The van der Waals surface area contributed by atoms with Crippen LogP contribution in [0.5, 0.6) is 0 Å². The van der Waals surface area contributed by atoms with Gasteiger partial charge in [0, 0.05) is 28.7 Å². The van der Waals surface area contributed by atoms with Gasteiger partial charge in [-0.05, 0) is 24.1 Å². The summed E-state index contributed by atoms with van der Waals surface area (Å²) in [5, 5.41) is 0.565. The Morgan fingerprint density at radius 2 is 2.06 bits per heavy atom. The number of nitrogens with zero attached hydrogens (tertiary/aromatic N) is 1. The molecule has 4 heteroatoms. The van der Waals surface area contributed by atoms with Gasteiger partial charge in [0.25, 0.3) is 5.91 Å². The van der Waals surface area contributed by atoms with E-state index in [0.29, 0.717) is 16.5 Å². The van der Waals surface area contributed by atoms with E-state index in [-0.39, 0.29) is 5.91 Å². The van der Waals surface area contributed by atoms with Gasteiger partial charge in [0.2, 0.25) is 0 Å². The van der Waals surface area contributed by atoms with E-state index in [0.717, 1.165) is 11.0 Å². The smallest absolute Gasteiger partial charge is 0.253 e. The van der Waals surface area contributed by atoms with Crippen molar-refractivity contribution < 1.29 is 4.79 Å². The minimum absolute atomic E-state index is 0.00287. The fourth-order valence-corrected chi connectivity index (χ4v) is 2.39. The zero-order valence-corrected chi connectivity index (χ0v) is 12.0. The lowest BCUT2D eigenvalue weighted by molar-refractivity contribution is 0.0779. The Kier molecular flexibility index (Phi) is 4.81. The highest BCUT2D eigenvalue weighted by atomic mass is 79.9. The van der Waals surface area contributed by atoms with Crippen LogP contribution in [-0.2, 0) is 0 Å². The summed E-state index contributed by atoms with van der Waals surface area (Å²) in [5.74, 6) is 0.452. The highest BCUT2D eigenvalue weighted by Crippen LogP contribution is 2.20. The van der Waals surface area contributed by atoms with Gasteiger partial charge in [-0.15, -0.1) is 0 Å². The normalized spacial score (nSPS) is 10.6. The third-order valence-electron chi connectivity index (χ3n) is 2.10. The first-order valence-electron chi connectivity index (χ1n) is 5.11. The molecular weight excluding hydrogens is 289 g/mol. The van der Waals surface area contributed by atoms with Crippen LogP contribution in [-0.4, -0.2) is 24.4 Å². The molecule has 0 unspecified atom stereocenters. The van der Waals surface area contributed by atoms with Crippen molar-refractivity contribution in [3.05, 3.63) is 33.3 Å². The minimum Gasteiger partial charge on any atom is -0.341 e.